The van der Waals surface area contributed by atoms with Crippen molar-refractivity contribution in [3.05, 3.63) is 0 Å². The largest absolute Gasteiger partial charge is 0.372 e. The first-order valence-electron chi connectivity index (χ1n) is 8.13. The highest BCUT2D eigenvalue weighted by Gasteiger charge is 2.40. The van der Waals surface area contributed by atoms with Crippen LogP contribution in [0.3, 0.4) is 0 Å². The predicted molar refractivity (Wildman–Crippen MR) is 76.9 cm³/mol. The van der Waals surface area contributed by atoms with Crippen LogP contribution in [0, 0.1) is 5.92 Å². The Kier molecular flexibility index (Phi) is 5.50. The van der Waals surface area contributed by atoms with Gasteiger partial charge in [0.2, 0.25) is 0 Å². The third-order valence-electron chi connectivity index (χ3n) is 4.83. The molecule has 1 saturated carbocycles. The Hall–Kier alpha value is -0.0800. The maximum atomic E-state index is 6.42. The van der Waals surface area contributed by atoms with E-state index in [9.17, 15) is 0 Å². The third-order valence-corrected chi connectivity index (χ3v) is 4.83. The lowest BCUT2D eigenvalue weighted by atomic mass is 9.83. The molecule has 0 aromatic carbocycles. The first-order valence-corrected chi connectivity index (χ1v) is 8.13. The molecule has 0 aromatic rings. The molecule has 2 rings (SSSR count). The van der Waals surface area contributed by atoms with Crippen LogP contribution in [-0.2, 0) is 4.74 Å². The van der Waals surface area contributed by atoms with Crippen molar-refractivity contribution in [2.45, 2.75) is 83.3 Å². The van der Waals surface area contributed by atoms with Gasteiger partial charge in [0.25, 0.3) is 0 Å². The van der Waals surface area contributed by atoms with Crippen LogP contribution in [0.4, 0.5) is 0 Å². The van der Waals surface area contributed by atoms with Crippen LogP contribution in [-0.4, -0.2) is 24.8 Å². The van der Waals surface area contributed by atoms with Crippen LogP contribution in [0.5, 0.6) is 0 Å². The van der Waals surface area contributed by atoms with E-state index in [1.807, 2.05) is 0 Å². The minimum atomic E-state index is 0.313. The highest BCUT2D eigenvalue weighted by molar-refractivity contribution is 4.91. The van der Waals surface area contributed by atoms with Crippen molar-refractivity contribution in [3.8, 4) is 0 Å². The fourth-order valence-electron chi connectivity index (χ4n) is 3.63. The summed E-state index contributed by atoms with van der Waals surface area (Å²) in [6, 6.07) is 0. The number of hydrogen-bond acceptors (Lipinski definition) is 2. The lowest BCUT2D eigenvalue weighted by Crippen LogP contribution is -2.31. The second kappa shape index (κ2) is 6.91. The lowest BCUT2D eigenvalue weighted by Gasteiger charge is -2.33. The van der Waals surface area contributed by atoms with E-state index in [-0.39, 0.29) is 0 Å². The number of rotatable bonds is 6. The topological polar surface area (TPSA) is 21.3 Å². The molecule has 1 aliphatic carbocycles. The van der Waals surface area contributed by atoms with Crippen molar-refractivity contribution in [2.75, 3.05) is 13.1 Å². The van der Waals surface area contributed by atoms with Gasteiger partial charge in [0, 0.05) is 0 Å². The van der Waals surface area contributed by atoms with Crippen LogP contribution in [0.1, 0.15) is 71.6 Å². The van der Waals surface area contributed by atoms with Crippen molar-refractivity contribution < 1.29 is 4.74 Å². The molecular weight excluding hydrogens is 222 g/mol. The van der Waals surface area contributed by atoms with Crippen molar-refractivity contribution in [3.63, 3.8) is 0 Å². The van der Waals surface area contributed by atoms with Crippen molar-refractivity contribution >= 4 is 0 Å². The van der Waals surface area contributed by atoms with Crippen LogP contribution >= 0.6 is 0 Å². The van der Waals surface area contributed by atoms with Crippen LogP contribution in [0.2, 0.25) is 0 Å². The van der Waals surface area contributed by atoms with Gasteiger partial charge in [0.05, 0.1) is 11.7 Å². The average molecular weight is 253 g/mol. The molecule has 18 heavy (non-hydrogen) atoms. The first-order chi connectivity index (χ1) is 8.74. The summed E-state index contributed by atoms with van der Waals surface area (Å²) in [6.45, 7) is 6.79. The van der Waals surface area contributed by atoms with E-state index in [4.69, 9.17) is 4.74 Å². The van der Waals surface area contributed by atoms with Gasteiger partial charge in [-0.2, -0.15) is 0 Å². The molecule has 2 unspecified atom stereocenters. The van der Waals surface area contributed by atoms with Crippen LogP contribution < -0.4 is 5.32 Å². The fourth-order valence-corrected chi connectivity index (χ4v) is 3.63. The Morgan fingerprint density at radius 1 is 1.22 bits per heavy atom. The molecule has 2 nitrogen and oxygen atoms in total. The molecular formula is C16H31NO. The number of ether oxygens (including phenoxy) is 1. The minimum Gasteiger partial charge on any atom is -0.372 e. The standard InChI is InChI=1S/C16H31NO/c1-3-17-13-14(2)7-8-15-9-12-16(18-15)10-5-4-6-11-16/h14-15,17H,3-13H2,1-2H3. The summed E-state index contributed by atoms with van der Waals surface area (Å²) in [5.41, 5.74) is 0.313. The second-order valence-corrected chi connectivity index (χ2v) is 6.51. The van der Waals surface area contributed by atoms with Gasteiger partial charge in [0.15, 0.2) is 0 Å². The molecule has 2 aliphatic rings. The summed E-state index contributed by atoms with van der Waals surface area (Å²) < 4.78 is 6.42. The predicted octanol–water partition coefficient (Wildman–Crippen LogP) is 3.89. The zero-order valence-corrected chi connectivity index (χ0v) is 12.3. The van der Waals surface area contributed by atoms with Crippen molar-refractivity contribution in [2.24, 2.45) is 5.92 Å². The van der Waals surface area contributed by atoms with E-state index < -0.39 is 0 Å². The van der Waals surface area contributed by atoms with Crippen molar-refractivity contribution in [1.82, 2.24) is 5.32 Å². The van der Waals surface area contributed by atoms with E-state index in [1.54, 1.807) is 0 Å². The van der Waals surface area contributed by atoms with E-state index >= 15 is 0 Å². The molecule has 0 aromatic heterocycles. The molecule has 106 valence electrons. The second-order valence-electron chi connectivity index (χ2n) is 6.51. The summed E-state index contributed by atoms with van der Waals surface area (Å²) in [5, 5.41) is 3.44. The lowest BCUT2D eigenvalue weighted by molar-refractivity contribution is -0.0668. The van der Waals surface area contributed by atoms with E-state index in [0.717, 1.165) is 19.0 Å². The molecule has 0 bridgehead atoms. The van der Waals surface area contributed by atoms with Crippen molar-refractivity contribution in [1.29, 1.82) is 0 Å². The Morgan fingerprint density at radius 3 is 2.72 bits per heavy atom. The molecule has 2 fully saturated rings. The summed E-state index contributed by atoms with van der Waals surface area (Å²) in [4.78, 5) is 0. The molecule has 2 atom stereocenters. The van der Waals surface area contributed by atoms with Gasteiger partial charge >= 0.3 is 0 Å². The van der Waals surface area contributed by atoms with Crippen LogP contribution in [0.25, 0.3) is 0 Å². The maximum Gasteiger partial charge on any atom is 0.0687 e. The zero-order chi connectivity index (χ0) is 12.8. The Bertz CT molecular complexity index is 235. The third kappa shape index (κ3) is 3.96. The van der Waals surface area contributed by atoms with Crippen LogP contribution in [0.15, 0.2) is 0 Å². The summed E-state index contributed by atoms with van der Waals surface area (Å²) in [5.74, 6) is 0.788. The number of hydrogen-bond donors (Lipinski definition) is 1. The van der Waals surface area contributed by atoms with Gasteiger partial charge in [-0.1, -0.05) is 33.1 Å². The smallest absolute Gasteiger partial charge is 0.0687 e. The van der Waals surface area contributed by atoms with E-state index in [0.29, 0.717) is 11.7 Å². The zero-order valence-electron chi connectivity index (χ0n) is 12.3. The minimum absolute atomic E-state index is 0.313. The number of nitrogens with one attached hydrogen (secondary N) is 1. The van der Waals surface area contributed by atoms with Gasteiger partial charge in [-0.15, -0.1) is 0 Å². The summed E-state index contributed by atoms with van der Waals surface area (Å²) >= 11 is 0. The van der Waals surface area contributed by atoms with Gasteiger partial charge < -0.3 is 10.1 Å². The highest BCUT2D eigenvalue weighted by Crippen LogP contribution is 2.42. The molecule has 1 aliphatic heterocycles. The molecule has 0 amide bonds. The first kappa shape index (κ1) is 14.3. The molecule has 0 radical (unpaired) electrons. The van der Waals surface area contributed by atoms with Gasteiger partial charge in [-0.3, -0.25) is 0 Å². The molecule has 1 saturated heterocycles. The normalized spacial score (nSPS) is 28.7. The highest BCUT2D eigenvalue weighted by atomic mass is 16.5. The maximum absolute atomic E-state index is 6.42. The van der Waals surface area contributed by atoms with Gasteiger partial charge in [0.1, 0.15) is 0 Å². The van der Waals surface area contributed by atoms with Gasteiger partial charge in [-0.05, 0) is 57.5 Å². The average Bonchev–Trinajstić information content (AvgIpc) is 2.78. The van der Waals surface area contributed by atoms with E-state index in [1.165, 1.54) is 57.8 Å². The Morgan fingerprint density at radius 2 is 2.00 bits per heavy atom. The summed E-state index contributed by atoms with van der Waals surface area (Å²) in [7, 11) is 0. The van der Waals surface area contributed by atoms with E-state index in [2.05, 4.69) is 19.2 Å². The fraction of sp³-hybridized carbons (Fsp3) is 1.00. The monoisotopic (exact) mass is 253 g/mol. The van der Waals surface area contributed by atoms with Gasteiger partial charge in [-0.25, -0.2) is 0 Å². The quantitative estimate of drug-likeness (QED) is 0.775. The SMILES string of the molecule is CCNCC(C)CCC1CCC2(CCCCC2)O1. The summed E-state index contributed by atoms with van der Waals surface area (Å²) in [6.07, 6.45) is 12.7. The molecule has 1 heterocycles. The Labute approximate surface area is 113 Å². The molecule has 1 N–H and O–H groups in total. The molecule has 2 heteroatoms. The Balaban J connectivity index is 1.66. The molecule has 1 spiro atoms.